The van der Waals surface area contributed by atoms with Gasteiger partial charge in [0.05, 0.1) is 6.54 Å². The van der Waals surface area contributed by atoms with Gasteiger partial charge in [-0.3, -0.25) is 9.79 Å². The highest BCUT2D eigenvalue weighted by Gasteiger charge is 2.19. The smallest absolute Gasteiger partial charge is 0.251 e. The van der Waals surface area contributed by atoms with Crippen LogP contribution in [-0.2, 0) is 0 Å². The van der Waals surface area contributed by atoms with Crippen molar-refractivity contribution in [2.24, 2.45) is 4.99 Å². The van der Waals surface area contributed by atoms with Gasteiger partial charge in [-0.2, -0.15) is 0 Å². The van der Waals surface area contributed by atoms with E-state index in [-0.39, 0.29) is 35.6 Å². The lowest BCUT2D eigenvalue weighted by Crippen LogP contribution is -2.49. The molecule has 1 heterocycles. The number of hydrogen-bond donors (Lipinski definition) is 4. The molecule has 1 aromatic carbocycles. The van der Waals surface area contributed by atoms with E-state index >= 15 is 0 Å². The topological polar surface area (TPSA) is 89.0 Å². The van der Waals surface area contributed by atoms with E-state index in [1.165, 1.54) is 31.5 Å². The lowest BCUT2D eigenvalue weighted by Gasteiger charge is -2.33. The van der Waals surface area contributed by atoms with Crippen molar-refractivity contribution in [2.45, 2.75) is 45.6 Å². The molecular weight excluding hydrogens is 481 g/mol. The van der Waals surface area contributed by atoms with Gasteiger partial charge in [-0.15, -0.1) is 24.0 Å². The van der Waals surface area contributed by atoms with E-state index in [4.69, 9.17) is 0 Å². The van der Waals surface area contributed by atoms with Crippen molar-refractivity contribution in [3.8, 4) is 5.75 Å². The van der Waals surface area contributed by atoms with Gasteiger partial charge in [0.25, 0.3) is 5.91 Å². The predicted octanol–water partition coefficient (Wildman–Crippen LogP) is 2.56. The number of likely N-dealkylation sites (tertiary alicyclic amines) is 1. The number of unbranched alkanes of at least 4 members (excludes halogenated alkanes) is 1. The van der Waals surface area contributed by atoms with Crippen LogP contribution in [0.4, 0.5) is 0 Å². The molecule has 164 valence electrons. The van der Waals surface area contributed by atoms with Gasteiger partial charge in [-0.05, 0) is 57.0 Å². The number of nitrogens with zero attached hydrogens (tertiary/aromatic N) is 2. The summed E-state index contributed by atoms with van der Waals surface area (Å²) in [5.41, 5.74) is 0.529. The fourth-order valence-electron chi connectivity index (χ4n) is 3.25. The van der Waals surface area contributed by atoms with Crippen molar-refractivity contribution in [3.05, 3.63) is 29.8 Å². The van der Waals surface area contributed by atoms with Crippen molar-refractivity contribution < 1.29 is 9.90 Å². The number of carbonyl (C=O) groups excluding carboxylic acids is 1. The summed E-state index contributed by atoms with van der Waals surface area (Å²) in [5.74, 6) is 0.805. The highest BCUT2D eigenvalue weighted by Crippen LogP contribution is 2.11. The van der Waals surface area contributed by atoms with Crippen LogP contribution in [0.25, 0.3) is 0 Å². The van der Waals surface area contributed by atoms with E-state index in [0.717, 1.165) is 38.4 Å². The minimum absolute atomic E-state index is 0. The molecule has 0 spiro atoms. The number of aromatic hydroxyl groups is 1. The Bertz CT molecular complexity index is 616. The number of rotatable bonds is 9. The third-order valence-electron chi connectivity index (χ3n) is 4.90. The summed E-state index contributed by atoms with van der Waals surface area (Å²) in [4.78, 5) is 19.2. The Morgan fingerprint density at radius 2 is 1.86 bits per heavy atom. The highest BCUT2D eigenvalue weighted by molar-refractivity contribution is 14.0. The van der Waals surface area contributed by atoms with Crippen molar-refractivity contribution in [3.63, 3.8) is 0 Å². The third-order valence-corrected chi connectivity index (χ3v) is 4.90. The molecular formula is C21H36IN5O2. The number of hydrogen-bond acceptors (Lipinski definition) is 4. The maximum Gasteiger partial charge on any atom is 0.251 e. The minimum Gasteiger partial charge on any atom is -0.508 e. The van der Waals surface area contributed by atoms with Crippen LogP contribution in [0.1, 0.15) is 49.9 Å². The van der Waals surface area contributed by atoms with Gasteiger partial charge in [0, 0.05) is 37.8 Å². The number of guanidine groups is 1. The summed E-state index contributed by atoms with van der Waals surface area (Å²) in [5, 5.41) is 19.0. The maximum absolute atomic E-state index is 12.1. The molecule has 1 aliphatic heterocycles. The lowest BCUT2D eigenvalue weighted by molar-refractivity contribution is 0.0955. The quantitative estimate of drug-likeness (QED) is 0.175. The second-order valence-corrected chi connectivity index (χ2v) is 7.18. The van der Waals surface area contributed by atoms with Crippen LogP contribution in [-0.4, -0.2) is 67.2 Å². The molecule has 2 rings (SSSR count). The van der Waals surface area contributed by atoms with E-state index in [2.05, 4.69) is 39.7 Å². The Kier molecular flexibility index (Phi) is 12.7. The van der Waals surface area contributed by atoms with Gasteiger partial charge in [0.1, 0.15) is 5.75 Å². The van der Waals surface area contributed by atoms with Gasteiger partial charge in [-0.1, -0.05) is 13.3 Å². The van der Waals surface area contributed by atoms with Crippen LogP contribution in [0.2, 0.25) is 0 Å². The Hall–Kier alpha value is -1.55. The fraction of sp³-hybridized carbons (Fsp3) is 0.619. The molecule has 8 heteroatoms. The van der Waals surface area contributed by atoms with Crippen molar-refractivity contribution in [1.29, 1.82) is 0 Å². The predicted molar refractivity (Wildman–Crippen MR) is 129 cm³/mol. The molecule has 0 bridgehead atoms. The van der Waals surface area contributed by atoms with Crippen molar-refractivity contribution in [2.75, 3.05) is 39.3 Å². The standard InChI is InChI=1S/C21H35N5O2.HI/c1-3-5-14-26-15-10-18(11-16-26)25-21(22-4-2)24-13-12-23-20(28)17-6-8-19(27)9-7-17;/h6-9,18,27H,3-5,10-16H2,1-2H3,(H,23,28)(H2,22,24,25);1H. The summed E-state index contributed by atoms with van der Waals surface area (Å²) in [6, 6.07) is 6.67. The van der Waals surface area contributed by atoms with Crippen LogP contribution in [0.15, 0.2) is 29.3 Å². The van der Waals surface area contributed by atoms with E-state index in [1.807, 2.05) is 0 Å². The van der Waals surface area contributed by atoms with E-state index in [9.17, 15) is 9.90 Å². The highest BCUT2D eigenvalue weighted by atomic mass is 127. The first-order chi connectivity index (χ1) is 13.6. The molecule has 1 aromatic rings. The van der Waals surface area contributed by atoms with Gasteiger partial charge in [-0.25, -0.2) is 0 Å². The van der Waals surface area contributed by atoms with Crippen LogP contribution < -0.4 is 16.0 Å². The van der Waals surface area contributed by atoms with E-state index in [1.54, 1.807) is 12.1 Å². The molecule has 0 aliphatic carbocycles. The number of phenols is 1. The van der Waals surface area contributed by atoms with Crippen LogP contribution in [0, 0.1) is 0 Å². The number of benzene rings is 1. The molecule has 29 heavy (non-hydrogen) atoms. The number of amides is 1. The number of phenolic OH excluding ortho intramolecular Hbond substituents is 1. The summed E-state index contributed by atoms with van der Waals surface area (Å²) in [6.07, 6.45) is 4.79. The van der Waals surface area contributed by atoms with Crippen molar-refractivity contribution >= 4 is 35.8 Å². The van der Waals surface area contributed by atoms with Crippen molar-refractivity contribution in [1.82, 2.24) is 20.9 Å². The third kappa shape index (κ3) is 9.66. The second kappa shape index (κ2) is 14.4. The zero-order chi connectivity index (χ0) is 20.2. The molecule has 4 N–H and O–H groups in total. The summed E-state index contributed by atoms with van der Waals surface area (Å²) in [6.45, 7) is 9.55. The largest absolute Gasteiger partial charge is 0.508 e. The fourth-order valence-corrected chi connectivity index (χ4v) is 3.25. The molecule has 0 aromatic heterocycles. The first-order valence-corrected chi connectivity index (χ1v) is 10.5. The van der Waals surface area contributed by atoms with Crippen LogP contribution in [0.3, 0.4) is 0 Å². The Balaban J connectivity index is 0.00000420. The number of nitrogens with one attached hydrogen (secondary N) is 3. The molecule has 0 atom stereocenters. The zero-order valence-electron chi connectivity index (χ0n) is 17.6. The second-order valence-electron chi connectivity index (χ2n) is 7.18. The van der Waals surface area contributed by atoms with Gasteiger partial charge in [0.15, 0.2) is 5.96 Å². The molecule has 1 amide bonds. The van der Waals surface area contributed by atoms with Crippen LogP contribution in [0.5, 0.6) is 5.75 Å². The SMILES string of the molecule is CCCCN1CCC(NC(=NCCNC(=O)c2ccc(O)cc2)NCC)CC1.I. The number of aliphatic imine (C=N–C) groups is 1. The first kappa shape index (κ1) is 25.5. The van der Waals surface area contributed by atoms with Gasteiger partial charge in [0.2, 0.25) is 0 Å². The lowest BCUT2D eigenvalue weighted by atomic mass is 10.0. The molecule has 7 nitrogen and oxygen atoms in total. The van der Waals surface area contributed by atoms with E-state index in [0.29, 0.717) is 24.7 Å². The Morgan fingerprint density at radius 3 is 2.48 bits per heavy atom. The Morgan fingerprint density at radius 1 is 1.17 bits per heavy atom. The summed E-state index contributed by atoms with van der Waals surface area (Å²) in [7, 11) is 0. The van der Waals surface area contributed by atoms with E-state index < -0.39 is 0 Å². The van der Waals surface area contributed by atoms with Gasteiger partial charge < -0.3 is 26.0 Å². The molecule has 0 unspecified atom stereocenters. The van der Waals surface area contributed by atoms with Crippen LogP contribution >= 0.6 is 24.0 Å². The number of carbonyl (C=O) groups is 1. The molecule has 1 aliphatic rings. The molecule has 1 saturated heterocycles. The minimum atomic E-state index is -0.160. The maximum atomic E-state index is 12.1. The molecule has 0 saturated carbocycles. The first-order valence-electron chi connectivity index (χ1n) is 10.5. The summed E-state index contributed by atoms with van der Waals surface area (Å²) >= 11 is 0. The number of piperidine rings is 1. The monoisotopic (exact) mass is 517 g/mol. The molecule has 1 fully saturated rings. The zero-order valence-corrected chi connectivity index (χ0v) is 19.9. The summed E-state index contributed by atoms with van der Waals surface area (Å²) < 4.78 is 0. The average molecular weight is 517 g/mol. The van der Waals surface area contributed by atoms with Gasteiger partial charge >= 0.3 is 0 Å². The normalized spacial score (nSPS) is 15.4. The Labute approximate surface area is 191 Å². The molecule has 0 radical (unpaired) electrons. The average Bonchev–Trinajstić information content (AvgIpc) is 2.71. The number of halogens is 1.